The molecule has 6 heterocycles. The first kappa shape index (κ1) is 62.3. The molecule has 0 spiro atoms. The number of pyridine rings is 2. The van der Waals surface area contributed by atoms with E-state index < -0.39 is 0 Å². The lowest BCUT2D eigenvalue weighted by atomic mass is 9.96. The molecule has 20 aromatic rings. The van der Waals surface area contributed by atoms with Crippen LogP contribution in [0.5, 0.6) is 0 Å². The fourth-order valence-electron chi connectivity index (χ4n) is 14.0. The molecule has 0 fully saturated rings. The molecule has 0 bridgehead atoms. The first-order valence-corrected chi connectivity index (χ1v) is 35.1. The quantitative estimate of drug-likeness (QED) is 0.107. The number of fused-ring (bicyclic) bond motifs is 10. The highest BCUT2D eigenvalue weighted by Gasteiger charge is 2.21. The van der Waals surface area contributed by atoms with E-state index in [-0.39, 0.29) is 0 Å². The fraction of sp³-hybridized carbons (Fsp3) is 0. The van der Waals surface area contributed by atoms with Crippen LogP contribution in [-0.4, -0.2) is 64.9 Å². The van der Waals surface area contributed by atoms with Crippen LogP contribution in [0.15, 0.2) is 358 Å². The molecule has 0 aliphatic heterocycles. The van der Waals surface area contributed by atoms with Crippen molar-refractivity contribution in [2.45, 2.75) is 0 Å². The van der Waals surface area contributed by atoms with Gasteiger partial charge in [-0.1, -0.05) is 279 Å². The minimum Gasteiger partial charge on any atom is -0.247 e. The molecule has 106 heavy (non-hydrogen) atoms. The molecule has 13 heteroatoms. The Balaban J connectivity index is 0.000000145. The lowest BCUT2D eigenvalue weighted by Gasteiger charge is -2.12. The maximum absolute atomic E-state index is 5.23. The minimum absolute atomic E-state index is 0.625. The fourth-order valence-corrected chi connectivity index (χ4v) is 14.0. The third kappa shape index (κ3) is 12.0. The molecule has 0 saturated carbocycles. The van der Waals surface area contributed by atoms with E-state index in [9.17, 15) is 0 Å². The van der Waals surface area contributed by atoms with Crippen LogP contribution in [0.25, 0.3) is 190 Å². The van der Waals surface area contributed by atoms with E-state index in [0.717, 1.165) is 166 Å². The van der Waals surface area contributed by atoms with Crippen LogP contribution in [0.2, 0.25) is 0 Å². The van der Waals surface area contributed by atoms with Gasteiger partial charge in [0.25, 0.3) is 0 Å². The lowest BCUT2D eigenvalue weighted by Crippen LogP contribution is -2.00. The van der Waals surface area contributed by atoms with Crippen molar-refractivity contribution in [3.05, 3.63) is 358 Å². The van der Waals surface area contributed by atoms with Crippen molar-refractivity contribution < 1.29 is 0 Å². The van der Waals surface area contributed by atoms with Gasteiger partial charge in [0.05, 0.1) is 45.2 Å². The van der Waals surface area contributed by atoms with Gasteiger partial charge in [-0.3, -0.25) is 0 Å². The summed E-state index contributed by atoms with van der Waals surface area (Å²) >= 11 is 0. The monoisotopic (exact) mass is 1360 g/mol. The Morgan fingerprint density at radius 3 is 0.906 bits per heavy atom. The number of hydrogen-bond acceptors (Lipinski definition) is 11. The third-order valence-electron chi connectivity index (χ3n) is 19.2. The SMILES string of the molecule is c1ccc(-c2cc(-c3ccc(-c4cccc(-c5nc6ccccc6c6c5ccc5nn(-c7ccccc7)nc56)c4)cc3)nc(-c3ccccc3)n2)cc1.c1ccc(-c2nc(-c3ccccc3)nc(-c3ccc(-c4cccc(-c5nc6ccccc6c6c5ccc5nn(-c7ccccc7)nc56)c4)cc3)n2)cc1. The first-order valence-electron chi connectivity index (χ1n) is 35.1. The van der Waals surface area contributed by atoms with E-state index in [1.807, 2.05) is 194 Å². The largest absolute Gasteiger partial charge is 0.247 e. The summed E-state index contributed by atoms with van der Waals surface area (Å²) < 4.78 is 0. The van der Waals surface area contributed by atoms with Crippen molar-refractivity contribution >= 4 is 65.4 Å². The van der Waals surface area contributed by atoms with Gasteiger partial charge < -0.3 is 0 Å². The lowest BCUT2D eigenvalue weighted by molar-refractivity contribution is 0.766. The Morgan fingerprint density at radius 1 is 0.179 bits per heavy atom. The summed E-state index contributed by atoms with van der Waals surface area (Å²) in [5, 5.41) is 26.0. The Bertz CT molecular complexity index is 6140. The maximum atomic E-state index is 5.23. The van der Waals surface area contributed by atoms with E-state index in [4.69, 9.17) is 55.3 Å². The Kier molecular flexibility index (Phi) is 15.9. The molecule has 6 aromatic heterocycles. The molecule has 0 aliphatic rings. The van der Waals surface area contributed by atoms with Crippen LogP contribution in [0, 0.1) is 0 Å². The highest BCUT2D eigenvalue weighted by molar-refractivity contribution is 6.22. The topological polar surface area (TPSA) is 152 Å². The first-order chi connectivity index (χ1) is 52.5. The van der Waals surface area contributed by atoms with Crippen LogP contribution in [0.1, 0.15) is 0 Å². The van der Waals surface area contributed by atoms with E-state index in [1.165, 1.54) is 0 Å². The minimum atomic E-state index is 0.625. The van der Waals surface area contributed by atoms with Gasteiger partial charge >= 0.3 is 0 Å². The Labute approximate surface area is 608 Å². The van der Waals surface area contributed by atoms with Gasteiger partial charge in [0, 0.05) is 76.8 Å². The maximum Gasteiger partial charge on any atom is 0.164 e. The van der Waals surface area contributed by atoms with Crippen molar-refractivity contribution in [3.63, 3.8) is 0 Å². The summed E-state index contributed by atoms with van der Waals surface area (Å²) in [6, 6.07) is 122. The summed E-state index contributed by atoms with van der Waals surface area (Å²) in [6.45, 7) is 0. The normalized spacial score (nSPS) is 11.4. The second-order valence-electron chi connectivity index (χ2n) is 25.9. The van der Waals surface area contributed by atoms with Gasteiger partial charge in [0.2, 0.25) is 0 Å². The third-order valence-corrected chi connectivity index (χ3v) is 19.2. The van der Waals surface area contributed by atoms with Crippen molar-refractivity contribution in [2.24, 2.45) is 0 Å². The molecule has 0 N–H and O–H groups in total. The second kappa shape index (κ2) is 27.0. The van der Waals surface area contributed by atoms with Crippen LogP contribution >= 0.6 is 0 Å². The summed E-state index contributed by atoms with van der Waals surface area (Å²) in [7, 11) is 0. The number of para-hydroxylation sites is 4. The van der Waals surface area contributed by atoms with E-state index >= 15 is 0 Å². The molecule has 0 radical (unpaired) electrons. The number of rotatable bonds is 12. The number of aromatic nitrogens is 13. The molecule has 0 atom stereocenters. The summed E-state index contributed by atoms with van der Waals surface area (Å²) in [4.78, 5) is 38.5. The highest BCUT2D eigenvalue weighted by Crippen LogP contribution is 2.41. The van der Waals surface area contributed by atoms with Crippen molar-refractivity contribution in [2.75, 3.05) is 0 Å². The summed E-state index contributed by atoms with van der Waals surface area (Å²) in [5.41, 5.74) is 22.9. The van der Waals surface area contributed by atoms with Crippen molar-refractivity contribution in [1.82, 2.24) is 64.9 Å². The van der Waals surface area contributed by atoms with Crippen molar-refractivity contribution in [1.29, 1.82) is 0 Å². The average molecular weight is 1360 g/mol. The van der Waals surface area contributed by atoms with Crippen LogP contribution in [-0.2, 0) is 0 Å². The molecule has 0 aliphatic carbocycles. The van der Waals surface area contributed by atoms with Crippen LogP contribution in [0.3, 0.4) is 0 Å². The smallest absolute Gasteiger partial charge is 0.164 e. The van der Waals surface area contributed by atoms with Gasteiger partial charge in [0.15, 0.2) is 23.3 Å². The van der Waals surface area contributed by atoms with Crippen molar-refractivity contribution in [3.8, 4) is 124 Å². The van der Waals surface area contributed by atoms with Gasteiger partial charge in [0.1, 0.15) is 22.1 Å². The molecule has 14 aromatic carbocycles. The Morgan fingerprint density at radius 2 is 0.491 bits per heavy atom. The molecule has 0 saturated heterocycles. The zero-order valence-corrected chi connectivity index (χ0v) is 56.9. The molecule has 496 valence electrons. The predicted molar refractivity (Wildman–Crippen MR) is 427 cm³/mol. The Hall–Kier alpha value is -14.7. The highest BCUT2D eigenvalue weighted by atomic mass is 15.5. The average Bonchev–Trinajstić information content (AvgIpc) is 1.41. The number of hydrogen-bond donors (Lipinski definition) is 0. The molecule has 0 amide bonds. The van der Waals surface area contributed by atoms with E-state index in [2.05, 4.69) is 164 Å². The number of benzene rings is 14. The molecular weight excluding hydrogens is 1300 g/mol. The summed E-state index contributed by atoms with van der Waals surface area (Å²) in [6.07, 6.45) is 0. The molecular formula is C93H59N13. The van der Waals surface area contributed by atoms with E-state index in [1.54, 1.807) is 9.59 Å². The summed E-state index contributed by atoms with van der Waals surface area (Å²) in [5.74, 6) is 2.61. The van der Waals surface area contributed by atoms with Gasteiger partial charge in [-0.2, -0.15) is 9.59 Å². The molecule has 0 unspecified atom stereocenters. The number of nitrogens with zero attached hydrogens (tertiary/aromatic N) is 13. The van der Waals surface area contributed by atoms with Crippen LogP contribution in [0.4, 0.5) is 0 Å². The van der Waals surface area contributed by atoms with E-state index in [0.29, 0.717) is 23.3 Å². The standard InChI is InChI=1S/C47H30N6.C46H29N7/c1-4-13-32(14-5-1)42-30-43(50-47(49-42)34-15-6-2-7-16-34)33-25-23-31(24-26-33)35-17-12-18-36(29-35)45-39-27-28-41-46(44(39)38-21-10-11-22-40(38)48-45)52-53(51-41)37-19-8-3-9-20-37;1-4-13-31(14-5-1)44-48-45(32-15-6-2-7-16-32)50-46(49-44)33-25-23-30(24-26-33)34-17-12-18-35(29-34)42-38-27-28-40-43(41(38)37-21-10-11-22-39(37)47-42)52-53(51-40)36-19-8-3-9-20-36/h1-30H;1-29H. The zero-order valence-electron chi connectivity index (χ0n) is 56.9. The zero-order chi connectivity index (χ0) is 70.3. The van der Waals surface area contributed by atoms with Gasteiger partial charge in [-0.15, -0.1) is 20.4 Å². The van der Waals surface area contributed by atoms with Gasteiger partial charge in [-0.25, -0.2) is 34.9 Å². The second-order valence-corrected chi connectivity index (χ2v) is 25.9. The molecule has 13 nitrogen and oxygen atoms in total. The predicted octanol–water partition coefficient (Wildman–Crippen LogP) is 21.9. The molecule has 20 rings (SSSR count). The van der Waals surface area contributed by atoms with Gasteiger partial charge in [-0.05, 0) is 101 Å². The van der Waals surface area contributed by atoms with Crippen LogP contribution < -0.4 is 0 Å².